The Bertz CT molecular complexity index is 3760. The molecule has 2 amide bonds. The lowest BCUT2D eigenvalue weighted by molar-refractivity contribution is -0.127. The van der Waals surface area contributed by atoms with Gasteiger partial charge < -0.3 is 19.6 Å². The highest BCUT2D eigenvalue weighted by Gasteiger charge is 2.52. The van der Waals surface area contributed by atoms with Crippen LogP contribution in [0.4, 0.5) is 20.4 Å². The lowest BCUT2D eigenvalue weighted by atomic mass is 10.0. The number of amides is 2. The molecule has 4 aliphatic rings. The number of pyridine rings is 4. The van der Waals surface area contributed by atoms with Crippen molar-refractivity contribution in [3.05, 3.63) is 176 Å². The second kappa shape index (κ2) is 23.0. The van der Waals surface area contributed by atoms with E-state index in [1.165, 1.54) is 33.4 Å². The molecule has 2 saturated carbocycles. The molecule has 16 nitrogen and oxygen atoms in total. The summed E-state index contributed by atoms with van der Waals surface area (Å²) in [5.74, 6) is -0.212. The smallest absolute Gasteiger partial charge is 0.349 e. The van der Waals surface area contributed by atoms with Crippen molar-refractivity contribution in [2.24, 2.45) is 0 Å². The number of halogens is 4. The van der Waals surface area contributed by atoms with Crippen LogP contribution >= 0.6 is 23.2 Å². The molecule has 0 unspecified atom stereocenters. The van der Waals surface area contributed by atoms with E-state index in [1.807, 2.05) is 63.5 Å². The topological polar surface area (TPSA) is 168 Å². The van der Waals surface area contributed by atoms with Crippen molar-refractivity contribution in [3.63, 3.8) is 0 Å². The van der Waals surface area contributed by atoms with Gasteiger partial charge in [-0.3, -0.25) is 19.6 Å². The number of piperazine rings is 2. The van der Waals surface area contributed by atoms with Gasteiger partial charge in [0, 0.05) is 49.7 Å². The first-order valence-corrected chi connectivity index (χ1v) is 27.2. The number of hydrogen-bond acceptors (Lipinski definition) is 12. The molecule has 20 heteroatoms. The predicted octanol–water partition coefficient (Wildman–Crippen LogP) is 11.4. The van der Waals surface area contributed by atoms with E-state index in [0.29, 0.717) is 71.3 Å². The first-order chi connectivity index (χ1) is 38.4. The lowest BCUT2D eigenvalue weighted by Gasteiger charge is -2.35. The number of nitrogens with zero attached hydrogens (tertiary/aromatic N) is 12. The average molecular weight is 1150 g/mol. The minimum atomic E-state index is -0.517. The Balaban J connectivity index is 0.000000193. The van der Waals surface area contributed by atoms with Gasteiger partial charge in [0.25, 0.3) is 0 Å². The highest BCUT2D eigenvalue weighted by atomic mass is 35.5. The van der Waals surface area contributed by atoms with Crippen molar-refractivity contribution >= 4 is 68.7 Å². The van der Waals surface area contributed by atoms with E-state index in [1.54, 1.807) is 60.9 Å². The molecule has 2 aromatic carbocycles. The SMILES string of the molecule is C.C.C=CC(=O)N1CCN(c2nc(=O)n(-c3c(C)ccnc3C(C)C)c3nc(-c4ccccc4F)c(Cl)cc23)[C@@H]2C[C@@H]21.C=CC(=O)N1CCN(c2nc(=O)n(-c3c(C)ccnc3C(C)C)c3nc(-c4ccccc4F)c(Cl)cc23)[C@H]2C[C@H]21. The van der Waals surface area contributed by atoms with Gasteiger partial charge in [-0.25, -0.2) is 37.5 Å². The summed E-state index contributed by atoms with van der Waals surface area (Å²) in [6.07, 6.45) is 7.62. The van der Waals surface area contributed by atoms with Gasteiger partial charge in [-0.1, -0.05) is 103 Å². The molecule has 8 heterocycles. The molecular formula is C62H64Cl2F2N12O4. The summed E-state index contributed by atoms with van der Waals surface area (Å²) in [6, 6.07) is 19.7. The molecule has 82 heavy (non-hydrogen) atoms. The van der Waals surface area contributed by atoms with E-state index in [0.717, 1.165) is 35.4 Å². The van der Waals surface area contributed by atoms with Crippen molar-refractivity contribution in [2.45, 2.75) is 105 Å². The Morgan fingerprint density at radius 1 is 0.585 bits per heavy atom. The van der Waals surface area contributed by atoms with Crippen LogP contribution in [0.5, 0.6) is 0 Å². The summed E-state index contributed by atoms with van der Waals surface area (Å²) >= 11 is 13.5. The van der Waals surface area contributed by atoms with Crippen LogP contribution in [0.2, 0.25) is 10.0 Å². The molecule has 12 rings (SSSR count). The van der Waals surface area contributed by atoms with E-state index in [4.69, 9.17) is 33.2 Å². The Hall–Kier alpha value is -8.22. The summed E-state index contributed by atoms with van der Waals surface area (Å²) < 4.78 is 32.8. The van der Waals surface area contributed by atoms with Gasteiger partial charge in [0.1, 0.15) is 23.3 Å². The average Bonchev–Trinajstić information content (AvgIpc) is 1.99. The first kappa shape index (κ1) is 58.4. The summed E-state index contributed by atoms with van der Waals surface area (Å²) in [4.78, 5) is 88.3. The third-order valence-electron chi connectivity index (χ3n) is 15.4. The molecule has 0 spiro atoms. The maximum absolute atomic E-state index is 14.9. The van der Waals surface area contributed by atoms with E-state index in [2.05, 4.69) is 42.9 Å². The minimum absolute atomic E-state index is 0. The molecule has 424 valence electrons. The monoisotopic (exact) mass is 1150 g/mol. The van der Waals surface area contributed by atoms with Gasteiger partial charge in [-0.05, 0) is 110 Å². The maximum atomic E-state index is 14.9. The maximum Gasteiger partial charge on any atom is 0.355 e. The Morgan fingerprint density at radius 2 is 0.963 bits per heavy atom. The van der Waals surface area contributed by atoms with Crippen molar-refractivity contribution in [1.82, 2.24) is 48.8 Å². The Labute approximate surface area is 484 Å². The molecule has 4 atom stereocenters. The summed E-state index contributed by atoms with van der Waals surface area (Å²) in [5.41, 5.74) is 4.85. The van der Waals surface area contributed by atoms with Gasteiger partial charge in [0.2, 0.25) is 11.8 Å². The Morgan fingerprint density at radius 3 is 1.32 bits per heavy atom. The fourth-order valence-electron chi connectivity index (χ4n) is 11.4. The zero-order valence-electron chi connectivity index (χ0n) is 44.9. The van der Waals surface area contributed by atoms with Crippen LogP contribution in [-0.2, 0) is 9.59 Å². The largest absolute Gasteiger partial charge is 0.355 e. The predicted molar refractivity (Wildman–Crippen MR) is 321 cm³/mol. The van der Waals surface area contributed by atoms with Crippen molar-refractivity contribution in [3.8, 4) is 33.9 Å². The number of rotatable bonds is 10. The van der Waals surface area contributed by atoms with Crippen LogP contribution in [0.3, 0.4) is 0 Å². The van der Waals surface area contributed by atoms with Crippen LogP contribution in [0, 0.1) is 25.5 Å². The molecule has 2 aliphatic heterocycles. The van der Waals surface area contributed by atoms with E-state index in [-0.39, 0.29) is 95.2 Å². The number of fused-ring (bicyclic) bond motifs is 4. The number of benzene rings is 2. The van der Waals surface area contributed by atoms with Gasteiger partial charge >= 0.3 is 11.4 Å². The van der Waals surface area contributed by atoms with Gasteiger partial charge in [-0.15, -0.1) is 0 Å². The summed E-state index contributed by atoms with van der Waals surface area (Å²) in [6.45, 7) is 21.0. The van der Waals surface area contributed by atoms with Crippen LogP contribution in [0.15, 0.2) is 120 Å². The minimum Gasteiger partial charge on any atom is -0.349 e. The van der Waals surface area contributed by atoms with Gasteiger partial charge in [-0.2, -0.15) is 9.97 Å². The van der Waals surface area contributed by atoms with Crippen LogP contribution in [-0.4, -0.2) is 111 Å². The number of aromatic nitrogens is 8. The molecule has 4 fully saturated rings. The fraction of sp³-hybridized carbons (Fsp3) is 0.323. The summed E-state index contributed by atoms with van der Waals surface area (Å²) in [7, 11) is 0. The molecule has 8 aromatic rings. The zero-order valence-corrected chi connectivity index (χ0v) is 46.4. The normalized spacial score (nSPS) is 17.8. The molecule has 0 N–H and O–H groups in total. The number of anilines is 2. The molecule has 0 radical (unpaired) electrons. The van der Waals surface area contributed by atoms with Crippen molar-refractivity contribution in [1.29, 1.82) is 0 Å². The van der Waals surface area contributed by atoms with Crippen molar-refractivity contribution < 1.29 is 18.4 Å². The van der Waals surface area contributed by atoms with Crippen LogP contribution in [0.1, 0.15) is 89.7 Å². The van der Waals surface area contributed by atoms with E-state index < -0.39 is 23.0 Å². The van der Waals surface area contributed by atoms with Gasteiger partial charge in [0.15, 0.2) is 11.3 Å². The van der Waals surface area contributed by atoms with E-state index in [9.17, 15) is 28.0 Å². The number of hydrogen-bond donors (Lipinski definition) is 0. The second-order valence-electron chi connectivity index (χ2n) is 21.1. The third-order valence-corrected chi connectivity index (χ3v) is 16.0. The molecular weight excluding hydrogens is 1090 g/mol. The molecule has 2 aliphatic carbocycles. The number of carbonyl (C=O) groups is 2. The zero-order chi connectivity index (χ0) is 56.6. The Kier molecular flexibility index (Phi) is 16.4. The standard InChI is InChI=1S/2C30H28ClFN6O2.2CH4/c2*1-5-24(39)36-12-13-37(23-15-22(23)36)28-19-14-20(31)26(18-8-6-7-9-21(18)32)34-29(19)38(30(40)35-28)27-17(4)10-11-33-25(27)16(2)3;;/h2*5-11,14,16,22-23H,1,12-13,15H2,2-4H3;2*1H4/t2*22-,23+;;/m10../s1. The van der Waals surface area contributed by atoms with Crippen LogP contribution < -0.4 is 21.2 Å². The van der Waals surface area contributed by atoms with Crippen molar-refractivity contribution in [2.75, 3.05) is 36.0 Å². The fourth-order valence-corrected chi connectivity index (χ4v) is 11.9. The summed E-state index contributed by atoms with van der Waals surface area (Å²) in [5, 5.41) is 1.62. The third kappa shape index (κ3) is 10.2. The molecule has 6 aromatic heterocycles. The number of carbonyl (C=O) groups excluding carboxylic acids is 2. The van der Waals surface area contributed by atoms with E-state index >= 15 is 0 Å². The van der Waals surface area contributed by atoms with Gasteiger partial charge in [0.05, 0.1) is 79.1 Å². The molecule has 2 saturated heterocycles. The highest BCUT2D eigenvalue weighted by molar-refractivity contribution is 6.34. The second-order valence-corrected chi connectivity index (χ2v) is 21.9. The first-order valence-electron chi connectivity index (χ1n) is 26.5. The number of aryl methyl sites for hydroxylation is 2. The molecule has 0 bridgehead atoms. The lowest BCUT2D eigenvalue weighted by Crippen LogP contribution is -2.49. The van der Waals surface area contributed by atoms with Crippen LogP contribution in [0.25, 0.3) is 56.0 Å². The quantitative estimate of drug-likeness (QED) is 0.119. The highest BCUT2D eigenvalue weighted by Crippen LogP contribution is 2.44.